The van der Waals surface area contributed by atoms with E-state index in [0.717, 1.165) is 25.2 Å². The fourth-order valence-electron chi connectivity index (χ4n) is 2.65. The minimum Gasteiger partial charge on any atom is -0.315 e. The molecule has 4 heteroatoms. The van der Waals surface area contributed by atoms with Gasteiger partial charge in [0.1, 0.15) is 0 Å². The van der Waals surface area contributed by atoms with Gasteiger partial charge in [0.25, 0.3) is 0 Å². The average molecular weight is 275 g/mol. The van der Waals surface area contributed by atoms with Gasteiger partial charge < -0.3 is 15.1 Å². The van der Waals surface area contributed by atoms with Crippen molar-refractivity contribution in [1.29, 1.82) is 0 Å². The van der Waals surface area contributed by atoms with Crippen molar-refractivity contribution in [3.8, 4) is 0 Å². The number of carbonyl (C=O) groups excluding carboxylic acids is 1. The lowest BCUT2D eigenvalue weighted by molar-refractivity contribution is -0.119. The maximum Gasteiger partial charge on any atom is 0.228 e. The number of carbonyl (C=O) groups is 1. The maximum absolute atomic E-state index is 12.0. The lowest BCUT2D eigenvalue weighted by Gasteiger charge is -2.32. The summed E-state index contributed by atoms with van der Waals surface area (Å²) in [6.07, 6.45) is 2.88. The van der Waals surface area contributed by atoms with Crippen molar-refractivity contribution < 1.29 is 4.79 Å². The molecule has 0 radical (unpaired) electrons. The Labute approximate surface area is 121 Å². The molecule has 0 aliphatic carbocycles. The zero-order valence-corrected chi connectivity index (χ0v) is 12.7. The van der Waals surface area contributed by atoms with Gasteiger partial charge in [0.15, 0.2) is 0 Å². The Bertz CT molecular complexity index is 459. The van der Waals surface area contributed by atoms with Gasteiger partial charge in [0.05, 0.1) is 0 Å². The Morgan fingerprint density at radius 1 is 1.30 bits per heavy atom. The van der Waals surface area contributed by atoms with Crippen LogP contribution < -0.4 is 10.2 Å². The second kappa shape index (κ2) is 6.86. The van der Waals surface area contributed by atoms with E-state index in [1.165, 1.54) is 12.0 Å². The standard InChI is InChI=1S/C16H25N3O/c1-18(2)11-7-6-10-17-14-12-16(20)19(3)15-9-5-4-8-13(14)15/h4-5,8-9,14,17H,6-7,10-12H2,1-3H3. The molecule has 0 spiro atoms. The van der Waals surface area contributed by atoms with Gasteiger partial charge in [0.2, 0.25) is 5.91 Å². The van der Waals surface area contributed by atoms with Gasteiger partial charge >= 0.3 is 0 Å². The molecule has 2 rings (SSSR count). The normalized spacial score (nSPS) is 18.5. The summed E-state index contributed by atoms with van der Waals surface area (Å²) in [5, 5.41) is 3.54. The van der Waals surface area contributed by atoms with Crippen LogP contribution >= 0.6 is 0 Å². The summed E-state index contributed by atoms with van der Waals surface area (Å²) < 4.78 is 0. The number of unbranched alkanes of at least 4 members (excludes halogenated alkanes) is 1. The third-order valence-electron chi connectivity index (χ3n) is 3.85. The lowest BCUT2D eigenvalue weighted by atomic mass is 9.96. The minimum atomic E-state index is 0.161. The summed E-state index contributed by atoms with van der Waals surface area (Å²) in [4.78, 5) is 16.0. The first-order valence-corrected chi connectivity index (χ1v) is 7.33. The predicted octanol–water partition coefficient (Wildman–Crippen LogP) is 2.03. The molecule has 1 amide bonds. The fourth-order valence-corrected chi connectivity index (χ4v) is 2.65. The van der Waals surface area contributed by atoms with E-state index in [4.69, 9.17) is 0 Å². The highest BCUT2D eigenvalue weighted by atomic mass is 16.2. The van der Waals surface area contributed by atoms with Gasteiger partial charge in [-0.05, 0) is 51.7 Å². The molecule has 4 nitrogen and oxygen atoms in total. The second-order valence-electron chi connectivity index (χ2n) is 5.73. The fraction of sp³-hybridized carbons (Fsp3) is 0.562. The van der Waals surface area contributed by atoms with Crippen LogP contribution in [-0.2, 0) is 4.79 Å². The Morgan fingerprint density at radius 3 is 2.80 bits per heavy atom. The number of rotatable bonds is 6. The third kappa shape index (κ3) is 3.58. The molecule has 1 N–H and O–H groups in total. The molecule has 110 valence electrons. The molecule has 1 aromatic carbocycles. The van der Waals surface area contributed by atoms with Gasteiger partial charge in [-0.3, -0.25) is 4.79 Å². The molecule has 1 aliphatic rings. The van der Waals surface area contributed by atoms with E-state index >= 15 is 0 Å². The number of nitrogens with one attached hydrogen (secondary N) is 1. The molecule has 0 saturated heterocycles. The summed E-state index contributed by atoms with van der Waals surface area (Å²) in [5.74, 6) is 0.189. The Hall–Kier alpha value is -1.39. The Kier molecular flexibility index (Phi) is 5.15. The van der Waals surface area contributed by atoms with E-state index < -0.39 is 0 Å². The number of fused-ring (bicyclic) bond motifs is 1. The summed E-state index contributed by atoms with van der Waals surface area (Å²) in [6, 6.07) is 8.34. The monoisotopic (exact) mass is 275 g/mol. The van der Waals surface area contributed by atoms with E-state index in [1.54, 1.807) is 4.90 Å². The quantitative estimate of drug-likeness (QED) is 0.807. The highest BCUT2D eigenvalue weighted by Crippen LogP contribution is 2.33. The number of benzene rings is 1. The Balaban J connectivity index is 1.92. The van der Waals surface area contributed by atoms with Crippen LogP contribution in [0.15, 0.2) is 24.3 Å². The third-order valence-corrected chi connectivity index (χ3v) is 3.85. The van der Waals surface area contributed by atoms with Crippen molar-refractivity contribution in [2.45, 2.75) is 25.3 Å². The van der Waals surface area contributed by atoms with Crippen LogP contribution in [0.1, 0.15) is 30.9 Å². The summed E-state index contributed by atoms with van der Waals surface area (Å²) >= 11 is 0. The summed E-state index contributed by atoms with van der Waals surface area (Å²) in [7, 11) is 6.05. The molecule has 20 heavy (non-hydrogen) atoms. The van der Waals surface area contributed by atoms with Gasteiger partial charge in [0, 0.05) is 25.2 Å². The molecule has 1 heterocycles. The molecular weight excluding hydrogens is 250 g/mol. The number of hydrogen-bond acceptors (Lipinski definition) is 3. The summed E-state index contributed by atoms with van der Waals surface area (Å²) in [6.45, 7) is 2.08. The van der Waals surface area contributed by atoms with E-state index in [1.807, 2.05) is 25.2 Å². The molecule has 1 unspecified atom stereocenters. The second-order valence-corrected chi connectivity index (χ2v) is 5.73. The molecular formula is C16H25N3O. The van der Waals surface area contributed by atoms with Crippen molar-refractivity contribution in [3.63, 3.8) is 0 Å². The average Bonchev–Trinajstić information content (AvgIpc) is 2.43. The molecule has 1 atom stereocenters. The van der Waals surface area contributed by atoms with Crippen LogP contribution in [0.4, 0.5) is 5.69 Å². The highest BCUT2D eigenvalue weighted by molar-refractivity contribution is 5.96. The van der Waals surface area contributed by atoms with Crippen LogP contribution in [0, 0.1) is 0 Å². The molecule has 0 bridgehead atoms. The first-order valence-electron chi connectivity index (χ1n) is 7.33. The summed E-state index contributed by atoms with van der Waals surface area (Å²) in [5.41, 5.74) is 2.27. The smallest absolute Gasteiger partial charge is 0.228 e. The number of anilines is 1. The molecule has 0 fully saturated rings. The Morgan fingerprint density at radius 2 is 2.05 bits per heavy atom. The largest absolute Gasteiger partial charge is 0.315 e. The number of hydrogen-bond donors (Lipinski definition) is 1. The van der Waals surface area contributed by atoms with Crippen molar-refractivity contribution in [2.75, 3.05) is 39.1 Å². The highest BCUT2D eigenvalue weighted by Gasteiger charge is 2.28. The molecule has 1 aliphatic heterocycles. The van der Waals surface area contributed by atoms with E-state index in [-0.39, 0.29) is 11.9 Å². The number of para-hydroxylation sites is 1. The van der Waals surface area contributed by atoms with E-state index in [2.05, 4.69) is 30.4 Å². The predicted molar refractivity (Wildman–Crippen MR) is 83.0 cm³/mol. The zero-order chi connectivity index (χ0) is 14.5. The zero-order valence-electron chi connectivity index (χ0n) is 12.7. The van der Waals surface area contributed by atoms with Crippen LogP contribution in [0.2, 0.25) is 0 Å². The van der Waals surface area contributed by atoms with E-state index in [9.17, 15) is 4.79 Å². The topological polar surface area (TPSA) is 35.6 Å². The van der Waals surface area contributed by atoms with Gasteiger partial charge in [-0.15, -0.1) is 0 Å². The van der Waals surface area contributed by atoms with Gasteiger partial charge in [-0.1, -0.05) is 18.2 Å². The van der Waals surface area contributed by atoms with Crippen molar-refractivity contribution >= 4 is 11.6 Å². The number of amides is 1. The molecule has 0 saturated carbocycles. The van der Waals surface area contributed by atoms with Crippen molar-refractivity contribution in [2.24, 2.45) is 0 Å². The van der Waals surface area contributed by atoms with Gasteiger partial charge in [-0.2, -0.15) is 0 Å². The number of nitrogens with zero attached hydrogens (tertiary/aromatic N) is 2. The van der Waals surface area contributed by atoms with Crippen LogP contribution in [-0.4, -0.2) is 45.0 Å². The molecule has 0 aromatic heterocycles. The van der Waals surface area contributed by atoms with Crippen LogP contribution in [0.5, 0.6) is 0 Å². The van der Waals surface area contributed by atoms with Crippen molar-refractivity contribution in [1.82, 2.24) is 10.2 Å². The maximum atomic E-state index is 12.0. The SMILES string of the molecule is CN(C)CCCCNC1CC(=O)N(C)c2ccccc21. The lowest BCUT2D eigenvalue weighted by Crippen LogP contribution is -2.38. The van der Waals surface area contributed by atoms with Gasteiger partial charge in [-0.25, -0.2) is 0 Å². The molecule has 1 aromatic rings. The van der Waals surface area contributed by atoms with E-state index in [0.29, 0.717) is 6.42 Å². The first-order chi connectivity index (χ1) is 9.59. The first kappa shape index (κ1) is 15.0. The van der Waals surface area contributed by atoms with Crippen LogP contribution in [0.25, 0.3) is 0 Å². The minimum absolute atomic E-state index is 0.161. The van der Waals surface area contributed by atoms with Crippen molar-refractivity contribution in [3.05, 3.63) is 29.8 Å². The van der Waals surface area contributed by atoms with Crippen LogP contribution in [0.3, 0.4) is 0 Å².